The summed E-state index contributed by atoms with van der Waals surface area (Å²) in [6, 6.07) is 6.13. The van der Waals surface area contributed by atoms with Crippen molar-refractivity contribution in [1.82, 2.24) is 19.6 Å². The third-order valence-electron chi connectivity index (χ3n) is 9.36. The Kier molecular flexibility index (Phi) is 3.46. The van der Waals surface area contributed by atoms with E-state index in [0.29, 0.717) is 22.6 Å². The van der Waals surface area contributed by atoms with Crippen LogP contribution >= 0.6 is 0 Å². The van der Waals surface area contributed by atoms with Gasteiger partial charge in [0.25, 0.3) is 5.91 Å². The molecule has 6 nitrogen and oxygen atoms in total. The van der Waals surface area contributed by atoms with E-state index in [9.17, 15) is 4.79 Å². The number of amides is 1. The van der Waals surface area contributed by atoms with Gasteiger partial charge in [0.15, 0.2) is 0 Å². The number of imidazole rings is 1. The van der Waals surface area contributed by atoms with Crippen LogP contribution in [0.1, 0.15) is 54.7 Å². The number of aromatic nitrogens is 2. The van der Waals surface area contributed by atoms with Gasteiger partial charge < -0.3 is 11.1 Å². The van der Waals surface area contributed by atoms with Crippen LogP contribution in [0.15, 0.2) is 24.4 Å². The third-order valence-corrected chi connectivity index (χ3v) is 9.36. The van der Waals surface area contributed by atoms with Crippen LogP contribution in [-0.2, 0) is 6.54 Å². The minimum Gasteiger partial charge on any atom is -0.350 e. The fourth-order valence-corrected chi connectivity index (χ4v) is 8.39. The molecular weight excluding hydrogens is 374 g/mol. The van der Waals surface area contributed by atoms with Crippen molar-refractivity contribution in [3.05, 3.63) is 35.8 Å². The Balaban J connectivity index is 1.09. The number of fused-ring (bicyclic) bond motifs is 3. The molecule has 0 radical (unpaired) electrons. The highest BCUT2D eigenvalue weighted by atomic mass is 16.1. The molecule has 5 fully saturated rings. The summed E-state index contributed by atoms with van der Waals surface area (Å²) >= 11 is 0. The molecule has 1 spiro atoms. The van der Waals surface area contributed by atoms with Crippen molar-refractivity contribution in [2.24, 2.45) is 34.3 Å². The zero-order valence-electron chi connectivity index (χ0n) is 17.5. The van der Waals surface area contributed by atoms with Crippen LogP contribution in [-0.4, -0.2) is 45.9 Å². The Bertz CT molecular complexity index is 1040. The molecule has 3 bridgehead atoms. The van der Waals surface area contributed by atoms with Crippen LogP contribution in [0.5, 0.6) is 0 Å². The van der Waals surface area contributed by atoms with Gasteiger partial charge in [-0.05, 0) is 79.2 Å². The first-order valence-corrected chi connectivity index (χ1v) is 11.8. The van der Waals surface area contributed by atoms with Gasteiger partial charge in [-0.2, -0.15) is 0 Å². The summed E-state index contributed by atoms with van der Waals surface area (Å²) in [5.41, 5.74) is 9.47. The fourth-order valence-electron chi connectivity index (χ4n) is 8.39. The number of hydrogen-bond acceptors (Lipinski definition) is 4. The maximum absolute atomic E-state index is 13.2. The summed E-state index contributed by atoms with van der Waals surface area (Å²) in [5, 5.41) is 3.35. The molecule has 5 atom stereocenters. The van der Waals surface area contributed by atoms with Gasteiger partial charge in [-0.3, -0.25) is 14.1 Å². The second kappa shape index (κ2) is 5.86. The van der Waals surface area contributed by atoms with E-state index in [1.807, 2.05) is 28.8 Å². The molecule has 1 amide bonds. The van der Waals surface area contributed by atoms with Crippen LogP contribution in [0.2, 0.25) is 0 Å². The van der Waals surface area contributed by atoms with Gasteiger partial charge in [0.2, 0.25) is 0 Å². The maximum atomic E-state index is 13.2. The minimum atomic E-state index is 0.0381. The quantitative estimate of drug-likeness (QED) is 0.801. The van der Waals surface area contributed by atoms with Crippen molar-refractivity contribution in [2.75, 3.05) is 19.6 Å². The van der Waals surface area contributed by atoms with Gasteiger partial charge in [0.05, 0.1) is 5.69 Å². The lowest BCUT2D eigenvalue weighted by Crippen LogP contribution is -2.54. The number of pyridine rings is 1. The zero-order chi connectivity index (χ0) is 20.1. The van der Waals surface area contributed by atoms with E-state index in [1.54, 1.807) is 0 Å². The molecule has 4 aliphatic carbocycles. The summed E-state index contributed by atoms with van der Waals surface area (Å²) < 4.78 is 1.96. The van der Waals surface area contributed by atoms with Crippen LogP contribution < -0.4 is 11.1 Å². The lowest BCUT2D eigenvalue weighted by Gasteiger charge is -2.49. The molecule has 3 heterocycles. The largest absolute Gasteiger partial charge is 0.350 e. The van der Waals surface area contributed by atoms with Gasteiger partial charge in [-0.15, -0.1) is 0 Å². The number of nitrogens with zero attached hydrogens (tertiary/aromatic N) is 3. The molecule has 1 aliphatic heterocycles. The van der Waals surface area contributed by atoms with Crippen LogP contribution in [0.25, 0.3) is 5.65 Å². The van der Waals surface area contributed by atoms with Crippen molar-refractivity contribution in [2.45, 2.75) is 51.1 Å². The fraction of sp³-hybridized carbons (Fsp3) is 0.667. The topological polar surface area (TPSA) is 75.7 Å². The van der Waals surface area contributed by atoms with E-state index < -0.39 is 0 Å². The normalized spacial score (nSPS) is 39.2. The van der Waals surface area contributed by atoms with Gasteiger partial charge in [0, 0.05) is 38.4 Å². The van der Waals surface area contributed by atoms with E-state index in [-0.39, 0.29) is 5.91 Å². The SMILES string of the molecule is NC1CN(Cc2cn3c(C(=O)NCC45CC6CC7CC(C4)C7(C6)C5)cccc3n2)C1. The van der Waals surface area contributed by atoms with E-state index in [2.05, 4.69) is 10.2 Å². The van der Waals surface area contributed by atoms with E-state index in [4.69, 9.17) is 10.7 Å². The van der Waals surface area contributed by atoms with Crippen molar-refractivity contribution < 1.29 is 4.79 Å². The molecule has 0 aromatic carbocycles. The number of likely N-dealkylation sites (tertiary alicyclic amines) is 1. The molecular formula is C24H31N5O. The number of carbonyl (C=O) groups excluding carboxylic acids is 1. The van der Waals surface area contributed by atoms with E-state index in [1.165, 1.54) is 38.5 Å². The number of carbonyl (C=O) groups is 1. The van der Waals surface area contributed by atoms with Crippen molar-refractivity contribution in [3.8, 4) is 0 Å². The Hall–Kier alpha value is -1.92. The smallest absolute Gasteiger partial charge is 0.268 e. The Morgan fingerprint density at radius 3 is 2.97 bits per heavy atom. The third kappa shape index (κ3) is 2.38. The second-order valence-electron chi connectivity index (χ2n) is 11.3. The predicted molar refractivity (Wildman–Crippen MR) is 114 cm³/mol. The molecule has 6 heteroatoms. The first kappa shape index (κ1) is 17.7. The monoisotopic (exact) mass is 405 g/mol. The number of hydrogen-bond donors (Lipinski definition) is 2. The van der Waals surface area contributed by atoms with E-state index in [0.717, 1.165) is 55.3 Å². The molecule has 2 aromatic heterocycles. The Labute approximate surface area is 177 Å². The molecule has 1 saturated heterocycles. The minimum absolute atomic E-state index is 0.0381. The predicted octanol–water partition coefficient (Wildman–Crippen LogP) is 2.42. The summed E-state index contributed by atoms with van der Waals surface area (Å²) in [6.07, 6.45) is 10.5. The number of nitrogens with one attached hydrogen (secondary N) is 1. The lowest BCUT2D eigenvalue weighted by molar-refractivity contribution is -0.00254. The molecule has 5 unspecified atom stereocenters. The highest BCUT2D eigenvalue weighted by Crippen LogP contribution is 2.78. The molecule has 158 valence electrons. The van der Waals surface area contributed by atoms with E-state index >= 15 is 0 Å². The standard InChI is InChI=1S/C24H31N5O/c25-18-9-28(10-18)11-19-12-29-20(2-1-3-21(29)27-19)22(30)26-14-23-6-15-4-16-5-17(8-23)24(16,7-15)13-23/h1-3,12,15-18H,4-11,13-14,25H2,(H,26,30). The zero-order valence-corrected chi connectivity index (χ0v) is 17.5. The first-order valence-electron chi connectivity index (χ1n) is 11.8. The van der Waals surface area contributed by atoms with Crippen LogP contribution in [0.3, 0.4) is 0 Å². The first-order chi connectivity index (χ1) is 14.5. The van der Waals surface area contributed by atoms with Crippen LogP contribution in [0.4, 0.5) is 0 Å². The second-order valence-corrected chi connectivity index (χ2v) is 11.3. The van der Waals surface area contributed by atoms with Gasteiger partial charge in [0.1, 0.15) is 11.3 Å². The maximum Gasteiger partial charge on any atom is 0.268 e. The highest BCUT2D eigenvalue weighted by molar-refractivity contribution is 5.93. The van der Waals surface area contributed by atoms with Crippen molar-refractivity contribution >= 4 is 11.6 Å². The molecule has 2 aromatic rings. The molecule has 3 N–H and O–H groups in total. The summed E-state index contributed by atoms with van der Waals surface area (Å²) in [4.78, 5) is 20.2. The lowest BCUT2D eigenvalue weighted by atomic mass is 9.55. The number of rotatable bonds is 5. The van der Waals surface area contributed by atoms with Gasteiger partial charge in [-0.1, -0.05) is 6.07 Å². The number of nitrogens with two attached hydrogens (primary N) is 1. The summed E-state index contributed by atoms with van der Waals surface area (Å²) in [7, 11) is 0. The van der Waals surface area contributed by atoms with Gasteiger partial charge in [-0.25, -0.2) is 4.98 Å². The summed E-state index contributed by atoms with van der Waals surface area (Å²) in [5.74, 6) is 2.91. The summed E-state index contributed by atoms with van der Waals surface area (Å²) in [6.45, 7) is 3.49. The van der Waals surface area contributed by atoms with Crippen molar-refractivity contribution in [1.29, 1.82) is 0 Å². The molecule has 4 saturated carbocycles. The Morgan fingerprint density at radius 1 is 1.20 bits per heavy atom. The highest BCUT2D eigenvalue weighted by Gasteiger charge is 2.70. The van der Waals surface area contributed by atoms with Crippen molar-refractivity contribution in [3.63, 3.8) is 0 Å². The Morgan fingerprint density at radius 2 is 2.10 bits per heavy atom. The van der Waals surface area contributed by atoms with Gasteiger partial charge >= 0.3 is 0 Å². The molecule has 30 heavy (non-hydrogen) atoms. The average molecular weight is 406 g/mol. The molecule has 7 rings (SSSR count). The average Bonchev–Trinajstić information content (AvgIpc) is 3.25. The molecule has 5 aliphatic rings. The van der Waals surface area contributed by atoms with Crippen LogP contribution in [0, 0.1) is 28.6 Å².